The minimum Gasteiger partial charge on any atom is -0.355 e. The van der Waals surface area contributed by atoms with E-state index in [1.54, 1.807) is 0 Å². The Morgan fingerprint density at radius 3 is 2.54 bits per heavy atom. The second-order valence-electron chi connectivity index (χ2n) is 3.28. The standard InChI is InChI=1S/C10H22N2O/c1-4-6-7-8-12-10(13)9(3)11-5-2/h9,11H,4-8H2,1-3H3,(H,12,13). The highest BCUT2D eigenvalue weighted by Gasteiger charge is 2.08. The number of rotatable bonds is 7. The molecule has 0 aliphatic rings. The Morgan fingerprint density at radius 1 is 1.31 bits per heavy atom. The molecule has 13 heavy (non-hydrogen) atoms. The van der Waals surface area contributed by atoms with E-state index in [0.29, 0.717) is 0 Å². The average Bonchev–Trinajstić information content (AvgIpc) is 2.12. The van der Waals surface area contributed by atoms with Crippen LogP contribution in [0, 0.1) is 0 Å². The summed E-state index contributed by atoms with van der Waals surface area (Å²) in [5.74, 6) is 0.109. The van der Waals surface area contributed by atoms with Crippen molar-refractivity contribution in [1.29, 1.82) is 0 Å². The molecule has 0 aliphatic heterocycles. The summed E-state index contributed by atoms with van der Waals surface area (Å²) in [7, 11) is 0. The van der Waals surface area contributed by atoms with Crippen LogP contribution < -0.4 is 10.6 Å². The van der Waals surface area contributed by atoms with Gasteiger partial charge in [0.05, 0.1) is 6.04 Å². The van der Waals surface area contributed by atoms with Crippen LogP contribution in [-0.2, 0) is 4.79 Å². The van der Waals surface area contributed by atoms with E-state index < -0.39 is 0 Å². The van der Waals surface area contributed by atoms with E-state index in [9.17, 15) is 4.79 Å². The van der Waals surface area contributed by atoms with Gasteiger partial charge in [0.1, 0.15) is 0 Å². The van der Waals surface area contributed by atoms with Gasteiger partial charge in [-0.2, -0.15) is 0 Å². The molecule has 0 aromatic rings. The van der Waals surface area contributed by atoms with Gasteiger partial charge in [0.15, 0.2) is 0 Å². The molecule has 1 unspecified atom stereocenters. The first-order valence-corrected chi connectivity index (χ1v) is 5.23. The molecule has 0 rings (SSSR count). The third-order valence-corrected chi connectivity index (χ3v) is 1.98. The van der Waals surface area contributed by atoms with E-state index >= 15 is 0 Å². The molecule has 0 saturated carbocycles. The number of unbranched alkanes of at least 4 members (excludes halogenated alkanes) is 2. The second-order valence-corrected chi connectivity index (χ2v) is 3.28. The Hall–Kier alpha value is -0.570. The molecule has 0 fully saturated rings. The largest absolute Gasteiger partial charge is 0.355 e. The first-order chi connectivity index (χ1) is 6.22. The Bertz CT molecular complexity index is 137. The lowest BCUT2D eigenvalue weighted by molar-refractivity contribution is -0.122. The number of hydrogen-bond acceptors (Lipinski definition) is 2. The van der Waals surface area contributed by atoms with Crippen molar-refractivity contribution in [2.45, 2.75) is 46.1 Å². The molecule has 2 N–H and O–H groups in total. The van der Waals surface area contributed by atoms with E-state index in [1.165, 1.54) is 12.8 Å². The van der Waals surface area contributed by atoms with Crippen LogP contribution in [0.5, 0.6) is 0 Å². The van der Waals surface area contributed by atoms with Gasteiger partial charge in [-0.25, -0.2) is 0 Å². The Kier molecular flexibility index (Phi) is 7.69. The van der Waals surface area contributed by atoms with E-state index in [4.69, 9.17) is 0 Å². The zero-order valence-electron chi connectivity index (χ0n) is 9.02. The number of carbonyl (C=O) groups excluding carboxylic acids is 1. The van der Waals surface area contributed by atoms with E-state index in [2.05, 4.69) is 17.6 Å². The monoisotopic (exact) mass is 186 g/mol. The summed E-state index contributed by atoms with van der Waals surface area (Å²) in [4.78, 5) is 11.3. The van der Waals surface area contributed by atoms with Crippen LogP contribution in [-0.4, -0.2) is 25.0 Å². The predicted molar refractivity (Wildman–Crippen MR) is 55.7 cm³/mol. The normalized spacial score (nSPS) is 12.5. The number of carbonyl (C=O) groups is 1. The summed E-state index contributed by atoms with van der Waals surface area (Å²) in [6.45, 7) is 7.69. The van der Waals surface area contributed by atoms with Gasteiger partial charge >= 0.3 is 0 Å². The Balaban J connectivity index is 3.38. The SMILES string of the molecule is CCCCCNC(=O)C(C)NCC. The summed E-state index contributed by atoms with van der Waals surface area (Å²) in [5.41, 5.74) is 0. The molecule has 0 aliphatic carbocycles. The fraction of sp³-hybridized carbons (Fsp3) is 0.900. The van der Waals surface area contributed by atoms with Crippen molar-refractivity contribution in [2.75, 3.05) is 13.1 Å². The van der Waals surface area contributed by atoms with Gasteiger partial charge in [-0.15, -0.1) is 0 Å². The highest BCUT2D eigenvalue weighted by molar-refractivity contribution is 5.81. The maximum Gasteiger partial charge on any atom is 0.236 e. The number of likely N-dealkylation sites (N-methyl/N-ethyl adjacent to an activating group) is 1. The molecule has 0 heterocycles. The fourth-order valence-corrected chi connectivity index (χ4v) is 1.14. The topological polar surface area (TPSA) is 41.1 Å². The van der Waals surface area contributed by atoms with Gasteiger partial charge in [-0.3, -0.25) is 4.79 Å². The summed E-state index contributed by atoms with van der Waals surface area (Å²) in [6.07, 6.45) is 3.47. The third-order valence-electron chi connectivity index (χ3n) is 1.98. The lowest BCUT2D eigenvalue weighted by Gasteiger charge is -2.12. The van der Waals surface area contributed by atoms with Crippen molar-refractivity contribution in [3.63, 3.8) is 0 Å². The molecule has 0 aromatic carbocycles. The maximum absolute atomic E-state index is 11.3. The molecular weight excluding hydrogens is 164 g/mol. The van der Waals surface area contributed by atoms with Crippen molar-refractivity contribution in [3.05, 3.63) is 0 Å². The quantitative estimate of drug-likeness (QED) is 0.588. The molecule has 1 atom stereocenters. The van der Waals surface area contributed by atoms with Crippen LogP contribution in [0.3, 0.4) is 0 Å². The number of amides is 1. The van der Waals surface area contributed by atoms with Crippen molar-refractivity contribution in [3.8, 4) is 0 Å². The van der Waals surface area contributed by atoms with E-state index in [-0.39, 0.29) is 11.9 Å². The molecule has 0 bridgehead atoms. The lowest BCUT2D eigenvalue weighted by atomic mass is 10.2. The van der Waals surface area contributed by atoms with Gasteiger partial charge in [0.25, 0.3) is 0 Å². The van der Waals surface area contributed by atoms with Crippen LogP contribution in [0.1, 0.15) is 40.0 Å². The minimum atomic E-state index is -0.0633. The van der Waals surface area contributed by atoms with Gasteiger partial charge in [-0.05, 0) is 19.9 Å². The lowest BCUT2D eigenvalue weighted by Crippen LogP contribution is -2.42. The Morgan fingerprint density at radius 2 is 2.00 bits per heavy atom. The molecule has 0 radical (unpaired) electrons. The first kappa shape index (κ1) is 12.4. The van der Waals surface area contributed by atoms with Crippen molar-refractivity contribution >= 4 is 5.91 Å². The molecule has 78 valence electrons. The van der Waals surface area contributed by atoms with Crippen LogP contribution in [0.4, 0.5) is 0 Å². The predicted octanol–water partition coefficient (Wildman–Crippen LogP) is 1.29. The van der Waals surface area contributed by atoms with Gasteiger partial charge < -0.3 is 10.6 Å². The van der Waals surface area contributed by atoms with Gasteiger partial charge in [0.2, 0.25) is 5.91 Å². The summed E-state index contributed by atoms with van der Waals surface area (Å²) >= 11 is 0. The average molecular weight is 186 g/mol. The molecule has 0 saturated heterocycles. The van der Waals surface area contributed by atoms with Crippen LogP contribution in [0.15, 0.2) is 0 Å². The summed E-state index contributed by atoms with van der Waals surface area (Å²) in [5, 5.41) is 5.97. The smallest absolute Gasteiger partial charge is 0.236 e. The third kappa shape index (κ3) is 6.58. The zero-order valence-corrected chi connectivity index (χ0v) is 9.02. The summed E-state index contributed by atoms with van der Waals surface area (Å²) < 4.78 is 0. The number of nitrogens with one attached hydrogen (secondary N) is 2. The zero-order chi connectivity index (χ0) is 10.1. The van der Waals surface area contributed by atoms with Crippen LogP contribution in [0.2, 0.25) is 0 Å². The van der Waals surface area contributed by atoms with Gasteiger partial charge in [-0.1, -0.05) is 26.7 Å². The van der Waals surface area contributed by atoms with Crippen molar-refractivity contribution in [1.82, 2.24) is 10.6 Å². The fourth-order valence-electron chi connectivity index (χ4n) is 1.14. The molecule has 0 spiro atoms. The molecule has 3 heteroatoms. The molecule has 0 aromatic heterocycles. The van der Waals surface area contributed by atoms with E-state index in [0.717, 1.165) is 19.5 Å². The van der Waals surface area contributed by atoms with Crippen molar-refractivity contribution in [2.24, 2.45) is 0 Å². The maximum atomic E-state index is 11.3. The molecular formula is C10H22N2O. The minimum absolute atomic E-state index is 0.0633. The van der Waals surface area contributed by atoms with Crippen molar-refractivity contribution < 1.29 is 4.79 Å². The van der Waals surface area contributed by atoms with Crippen LogP contribution >= 0.6 is 0 Å². The number of hydrogen-bond donors (Lipinski definition) is 2. The highest BCUT2D eigenvalue weighted by Crippen LogP contribution is 1.91. The van der Waals surface area contributed by atoms with Crippen LogP contribution in [0.25, 0.3) is 0 Å². The molecule has 1 amide bonds. The Labute approximate surface area is 81.3 Å². The first-order valence-electron chi connectivity index (χ1n) is 5.23. The summed E-state index contributed by atoms with van der Waals surface area (Å²) in [6, 6.07) is -0.0633. The van der Waals surface area contributed by atoms with Gasteiger partial charge in [0, 0.05) is 6.54 Å². The molecule has 3 nitrogen and oxygen atoms in total. The second kappa shape index (κ2) is 8.05. The van der Waals surface area contributed by atoms with E-state index in [1.807, 2.05) is 13.8 Å². The highest BCUT2D eigenvalue weighted by atomic mass is 16.2.